The van der Waals surface area contributed by atoms with Crippen molar-refractivity contribution >= 4 is 23.2 Å². The number of benzene rings is 1. The zero-order chi connectivity index (χ0) is 20.4. The molecule has 0 radical (unpaired) electrons. The summed E-state index contributed by atoms with van der Waals surface area (Å²) in [6.45, 7) is 2.07. The average molecular weight is 415 g/mol. The summed E-state index contributed by atoms with van der Waals surface area (Å²) in [6, 6.07) is 7.39. The van der Waals surface area contributed by atoms with Crippen molar-refractivity contribution in [2.45, 2.75) is 26.3 Å². The van der Waals surface area contributed by atoms with Crippen molar-refractivity contribution in [3.05, 3.63) is 64.6 Å². The van der Waals surface area contributed by atoms with Crippen LogP contribution in [0.4, 0.5) is 4.39 Å². The molecule has 29 heavy (non-hydrogen) atoms. The van der Waals surface area contributed by atoms with Gasteiger partial charge >= 0.3 is 0 Å². The lowest BCUT2D eigenvalue weighted by Gasteiger charge is -2.06. The molecular weight excluding hydrogens is 399 g/mol. The molecule has 4 aromatic rings. The minimum Gasteiger partial charge on any atom is -0.345 e. The molecular formula is C19H16ClFN6O2. The monoisotopic (exact) mass is 414 g/mol. The molecule has 0 fully saturated rings. The largest absolute Gasteiger partial charge is 0.345 e. The van der Waals surface area contributed by atoms with E-state index in [9.17, 15) is 9.18 Å². The Hall–Kier alpha value is -3.33. The van der Waals surface area contributed by atoms with Gasteiger partial charge in [0, 0.05) is 17.6 Å². The molecule has 3 aromatic heterocycles. The maximum absolute atomic E-state index is 13.9. The van der Waals surface area contributed by atoms with E-state index in [1.54, 1.807) is 22.7 Å². The zero-order valence-corrected chi connectivity index (χ0v) is 16.1. The summed E-state index contributed by atoms with van der Waals surface area (Å²) in [5.41, 5.74) is 1.01. The third-order valence-electron chi connectivity index (χ3n) is 4.26. The first-order valence-electron chi connectivity index (χ1n) is 8.95. The Morgan fingerprint density at radius 2 is 2.17 bits per heavy atom. The molecule has 0 atom stereocenters. The van der Waals surface area contributed by atoms with Crippen molar-refractivity contribution in [1.82, 2.24) is 30.1 Å². The van der Waals surface area contributed by atoms with Crippen LogP contribution < -0.4 is 5.32 Å². The van der Waals surface area contributed by atoms with E-state index in [2.05, 4.69) is 25.7 Å². The van der Waals surface area contributed by atoms with Crippen LogP contribution in [-0.2, 0) is 13.0 Å². The first-order valence-corrected chi connectivity index (χ1v) is 9.33. The summed E-state index contributed by atoms with van der Waals surface area (Å²) in [4.78, 5) is 16.7. The molecule has 0 aliphatic rings. The molecule has 1 amide bonds. The fourth-order valence-electron chi connectivity index (χ4n) is 2.87. The number of amides is 1. The fraction of sp³-hybridized carbons (Fsp3) is 0.211. The van der Waals surface area contributed by atoms with Gasteiger partial charge < -0.3 is 9.84 Å². The maximum Gasteiger partial charge on any atom is 0.261 e. The fourth-order valence-corrected chi connectivity index (χ4v) is 3.04. The number of aromatic nitrogens is 5. The molecule has 4 rings (SSSR count). The van der Waals surface area contributed by atoms with Crippen LogP contribution in [0.3, 0.4) is 0 Å². The van der Waals surface area contributed by atoms with Crippen molar-refractivity contribution < 1.29 is 13.7 Å². The second-order valence-corrected chi connectivity index (χ2v) is 6.74. The molecule has 0 unspecified atom stereocenters. The van der Waals surface area contributed by atoms with Crippen molar-refractivity contribution in [2.24, 2.45) is 0 Å². The first-order chi connectivity index (χ1) is 14.1. The molecule has 148 valence electrons. The number of rotatable bonds is 6. The summed E-state index contributed by atoms with van der Waals surface area (Å²) in [7, 11) is 0. The molecule has 0 bridgehead atoms. The summed E-state index contributed by atoms with van der Waals surface area (Å²) < 4.78 is 20.9. The van der Waals surface area contributed by atoms with Crippen LogP contribution in [0.1, 0.15) is 35.4 Å². The minimum atomic E-state index is -0.653. The maximum atomic E-state index is 13.9. The topological polar surface area (TPSA) is 98.2 Å². The van der Waals surface area contributed by atoms with Gasteiger partial charge in [-0.3, -0.25) is 9.20 Å². The minimum absolute atomic E-state index is 0.0420. The Kier molecular flexibility index (Phi) is 5.22. The molecule has 3 heterocycles. The lowest BCUT2D eigenvalue weighted by Crippen LogP contribution is -2.25. The van der Waals surface area contributed by atoms with E-state index in [0.29, 0.717) is 28.8 Å². The van der Waals surface area contributed by atoms with Gasteiger partial charge in [0.1, 0.15) is 5.82 Å². The predicted octanol–water partition coefficient (Wildman–Crippen LogP) is 3.45. The van der Waals surface area contributed by atoms with Gasteiger partial charge in [-0.1, -0.05) is 23.7 Å². The molecule has 8 nitrogen and oxygen atoms in total. The lowest BCUT2D eigenvalue weighted by atomic mass is 10.2. The number of hydrogen-bond donors (Lipinski definition) is 1. The second-order valence-electron chi connectivity index (χ2n) is 6.30. The third kappa shape index (κ3) is 3.81. The highest BCUT2D eigenvalue weighted by atomic mass is 35.5. The molecule has 0 saturated carbocycles. The molecule has 1 aromatic carbocycles. The molecule has 10 heteroatoms. The Labute approximate surface area is 169 Å². The molecule has 1 N–H and O–H groups in total. The predicted molar refractivity (Wildman–Crippen MR) is 103 cm³/mol. The van der Waals surface area contributed by atoms with E-state index >= 15 is 0 Å². The summed E-state index contributed by atoms with van der Waals surface area (Å²) in [6.07, 6.45) is 3.38. The molecule has 0 spiro atoms. The highest BCUT2D eigenvalue weighted by Gasteiger charge is 2.17. The lowest BCUT2D eigenvalue weighted by molar-refractivity contribution is 0.0945. The normalized spacial score (nSPS) is 11.1. The first kappa shape index (κ1) is 19.0. The molecule has 0 aliphatic carbocycles. The van der Waals surface area contributed by atoms with Crippen molar-refractivity contribution in [2.75, 3.05) is 0 Å². The van der Waals surface area contributed by atoms with E-state index in [4.69, 9.17) is 16.1 Å². The Bertz CT molecular complexity index is 1190. The average Bonchev–Trinajstić information content (AvgIpc) is 3.35. The van der Waals surface area contributed by atoms with Gasteiger partial charge in [0.05, 0.1) is 17.7 Å². The quantitative estimate of drug-likeness (QED) is 0.519. The van der Waals surface area contributed by atoms with E-state index in [1.165, 1.54) is 12.1 Å². The van der Waals surface area contributed by atoms with Crippen LogP contribution in [-0.4, -0.2) is 30.6 Å². The number of carbonyl (C=O) groups is 1. The van der Waals surface area contributed by atoms with Crippen molar-refractivity contribution in [3.8, 4) is 11.5 Å². The number of nitrogens with zero attached hydrogens (tertiary/aromatic N) is 5. The summed E-state index contributed by atoms with van der Waals surface area (Å²) in [5.74, 6) is 0.188. The van der Waals surface area contributed by atoms with Gasteiger partial charge in [-0.05, 0) is 36.8 Å². The second kappa shape index (κ2) is 7.96. The van der Waals surface area contributed by atoms with Crippen LogP contribution in [0.5, 0.6) is 0 Å². The molecule has 0 aliphatic heterocycles. The van der Waals surface area contributed by atoms with E-state index in [0.717, 1.165) is 18.9 Å². The van der Waals surface area contributed by atoms with Gasteiger partial charge in [-0.2, -0.15) is 4.98 Å². The van der Waals surface area contributed by atoms with Gasteiger partial charge in [-0.15, -0.1) is 10.2 Å². The van der Waals surface area contributed by atoms with Gasteiger partial charge in [0.15, 0.2) is 17.3 Å². The van der Waals surface area contributed by atoms with Crippen molar-refractivity contribution in [3.63, 3.8) is 0 Å². The van der Waals surface area contributed by atoms with Crippen LogP contribution >= 0.6 is 11.6 Å². The Balaban J connectivity index is 1.58. The van der Waals surface area contributed by atoms with E-state index < -0.39 is 11.7 Å². The number of aryl methyl sites for hydroxylation is 1. The standard InChI is InChI=1S/C19H16ClFN6O2/c1-2-4-15-23-19(29-26-15)12-5-3-8-27-16(24-25-17(12)27)10-22-18(28)13-9-11(20)6-7-14(13)21/h3,5-9H,2,4,10H2,1H3,(H,22,28). The smallest absolute Gasteiger partial charge is 0.261 e. The number of hydrogen-bond acceptors (Lipinski definition) is 6. The number of fused-ring (bicyclic) bond motifs is 1. The Morgan fingerprint density at radius 3 is 3.00 bits per heavy atom. The van der Waals surface area contributed by atoms with Crippen LogP contribution in [0.15, 0.2) is 41.1 Å². The zero-order valence-electron chi connectivity index (χ0n) is 15.4. The Morgan fingerprint density at radius 1 is 1.31 bits per heavy atom. The summed E-state index contributed by atoms with van der Waals surface area (Å²) >= 11 is 5.84. The van der Waals surface area contributed by atoms with Gasteiger partial charge in [-0.25, -0.2) is 4.39 Å². The highest BCUT2D eigenvalue weighted by Crippen LogP contribution is 2.22. The number of halogens is 2. The van der Waals surface area contributed by atoms with Crippen LogP contribution in [0, 0.1) is 5.82 Å². The molecule has 0 saturated heterocycles. The van der Waals surface area contributed by atoms with Gasteiger partial charge in [0.25, 0.3) is 11.8 Å². The summed E-state index contributed by atoms with van der Waals surface area (Å²) in [5, 5.41) is 15.2. The van der Waals surface area contributed by atoms with Gasteiger partial charge in [0.2, 0.25) is 0 Å². The van der Waals surface area contributed by atoms with E-state index in [-0.39, 0.29) is 17.1 Å². The number of pyridine rings is 1. The van der Waals surface area contributed by atoms with Crippen molar-refractivity contribution in [1.29, 1.82) is 0 Å². The van der Waals surface area contributed by atoms with Crippen LogP contribution in [0.2, 0.25) is 5.02 Å². The van der Waals surface area contributed by atoms with Crippen LogP contribution in [0.25, 0.3) is 17.1 Å². The highest BCUT2D eigenvalue weighted by molar-refractivity contribution is 6.31. The third-order valence-corrected chi connectivity index (χ3v) is 4.49. The number of carbonyl (C=O) groups excluding carboxylic acids is 1. The SMILES string of the molecule is CCCc1noc(-c2cccn3c(CNC(=O)c4cc(Cl)ccc4F)nnc23)n1. The number of nitrogens with one attached hydrogen (secondary N) is 1. The van der Waals surface area contributed by atoms with E-state index in [1.807, 2.05) is 6.92 Å².